The lowest BCUT2D eigenvalue weighted by Gasteiger charge is -2.26. The van der Waals surface area contributed by atoms with E-state index in [1.165, 1.54) is 6.92 Å². The number of nitrogens with one attached hydrogen (secondary N) is 1. The largest absolute Gasteiger partial charge is 0.351 e. The van der Waals surface area contributed by atoms with Crippen LogP contribution in [0.4, 0.5) is 0 Å². The van der Waals surface area contributed by atoms with Gasteiger partial charge in [0.15, 0.2) is 0 Å². The topological polar surface area (TPSA) is 92.3 Å². The third kappa shape index (κ3) is 3.59. The number of carbonyl (C=O) groups is 1. The fourth-order valence-corrected chi connectivity index (χ4v) is 5.82. The van der Waals surface area contributed by atoms with Crippen LogP contribution in [0.1, 0.15) is 63.0 Å². The Balaban J connectivity index is 1.80. The molecule has 2 aliphatic rings. The number of hydrogen-bond donors (Lipinski definition) is 1. The van der Waals surface area contributed by atoms with E-state index >= 15 is 0 Å². The molecule has 1 N–H and O–H groups in total. The molecule has 2 fully saturated rings. The molecule has 1 aromatic rings. The van der Waals surface area contributed by atoms with E-state index in [1.807, 2.05) is 0 Å². The summed E-state index contributed by atoms with van der Waals surface area (Å²) in [5.74, 6) is 0.415. The van der Waals surface area contributed by atoms with Crippen molar-refractivity contribution in [3.05, 3.63) is 23.8 Å². The highest BCUT2D eigenvalue weighted by atomic mass is 32.2. The van der Waals surface area contributed by atoms with Crippen LogP contribution in [0.15, 0.2) is 12.3 Å². The van der Waals surface area contributed by atoms with E-state index in [0.29, 0.717) is 24.6 Å². The molecule has 0 unspecified atom stereocenters. The van der Waals surface area contributed by atoms with E-state index in [9.17, 15) is 13.2 Å². The molecular weight excluding hydrogens is 328 g/mol. The van der Waals surface area contributed by atoms with Gasteiger partial charge in [0.05, 0.1) is 23.5 Å². The smallest absolute Gasteiger partial charge is 0.217 e. The zero-order valence-electron chi connectivity index (χ0n) is 13.9. The SMILES string of the molecule is CC(=O)NCc1ccnc([C@H]2CCCN2S(=O)(=O)C2CCCC2)n1. The molecule has 1 aliphatic heterocycles. The van der Waals surface area contributed by atoms with Crippen LogP contribution in [-0.4, -0.2) is 40.4 Å². The summed E-state index contributed by atoms with van der Waals surface area (Å²) in [6.07, 6.45) is 6.71. The van der Waals surface area contributed by atoms with Gasteiger partial charge in [-0.1, -0.05) is 12.8 Å². The highest BCUT2D eigenvalue weighted by Gasteiger charge is 2.41. The summed E-state index contributed by atoms with van der Waals surface area (Å²) < 4.78 is 27.5. The van der Waals surface area contributed by atoms with Crippen molar-refractivity contribution >= 4 is 15.9 Å². The van der Waals surface area contributed by atoms with Crippen molar-refractivity contribution in [2.75, 3.05) is 6.54 Å². The molecule has 1 aromatic heterocycles. The van der Waals surface area contributed by atoms with Crippen LogP contribution in [0.3, 0.4) is 0 Å². The summed E-state index contributed by atoms with van der Waals surface area (Å²) in [6, 6.07) is 1.46. The van der Waals surface area contributed by atoms with E-state index in [-0.39, 0.29) is 17.2 Å². The second-order valence-corrected chi connectivity index (χ2v) is 8.70. The van der Waals surface area contributed by atoms with Crippen LogP contribution in [0, 0.1) is 0 Å². The fraction of sp³-hybridized carbons (Fsp3) is 0.688. The van der Waals surface area contributed by atoms with Gasteiger partial charge in [0, 0.05) is 19.7 Å². The maximum absolute atomic E-state index is 12.9. The Morgan fingerprint density at radius 1 is 1.29 bits per heavy atom. The number of hydrogen-bond acceptors (Lipinski definition) is 5. The first kappa shape index (κ1) is 17.3. The fourth-order valence-electron chi connectivity index (χ4n) is 3.57. The zero-order chi connectivity index (χ0) is 17.2. The Labute approximate surface area is 142 Å². The highest BCUT2D eigenvalue weighted by molar-refractivity contribution is 7.89. The van der Waals surface area contributed by atoms with Gasteiger partial charge in [-0.15, -0.1) is 0 Å². The minimum absolute atomic E-state index is 0.124. The minimum atomic E-state index is -3.29. The van der Waals surface area contributed by atoms with Gasteiger partial charge in [-0.05, 0) is 31.7 Å². The summed E-state index contributed by atoms with van der Waals surface area (Å²) in [6.45, 7) is 2.32. The van der Waals surface area contributed by atoms with Crippen LogP contribution >= 0.6 is 0 Å². The number of carbonyl (C=O) groups excluding carboxylic acids is 1. The van der Waals surface area contributed by atoms with Crippen LogP contribution in [-0.2, 0) is 21.4 Å². The lowest BCUT2D eigenvalue weighted by molar-refractivity contribution is -0.119. The first-order valence-corrected chi connectivity index (χ1v) is 10.1. The summed E-state index contributed by atoms with van der Waals surface area (Å²) in [7, 11) is -3.29. The molecule has 1 saturated carbocycles. The first-order chi connectivity index (χ1) is 11.5. The molecule has 0 spiro atoms. The Bertz CT molecular complexity index is 701. The number of aromatic nitrogens is 2. The van der Waals surface area contributed by atoms with E-state index in [2.05, 4.69) is 15.3 Å². The van der Waals surface area contributed by atoms with Crippen molar-refractivity contribution in [1.29, 1.82) is 0 Å². The highest BCUT2D eigenvalue weighted by Crippen LogP contribution is 2.37. The second kappa shape index (κ2) is 7.14. The third-order valence-corrected chi connectivity index (χ3v) is 7.21. The molecule has 1 atom stereocenters. The van der Waals surface area contributed by atoms with Crippen molar-refractivity contribution < 1.29 is 13.2 Å². The molecule has 3 rings (SSSR count). The van der Waals surface area contributed by atoms with Gasteiger partial charge in [-0.3, -0.25) is 4.79 Å². The van der Waals surface area contributed by atoms with Crippen molar-refractivity contribution in [1.82, 2.24) is 19.6 Å². The van der Waals surface area contributed by atoms with Crippen molar-refractivity contribution in [3.8, 4) is 0 Å². The average molecular weight is 352 g/mol. The van der Waals surface area contributed by atoms with E-state index in [4.69, 9.17) is 0 Å². The lowest BCUT2D eigenvalue weighted by Crippen LogP contribution is -2.37. The van der Waals surface area contributed by atoms with Crippen LogP contribution in [0.2, 0.25) is 0 Å². The summed E-state index contributed by atoms with van der Waals surface area (Å²) >= 11 is 0. The molecule has 24 heavy (non-hydrogen) atoms. The minimum Gasteiger partial charge on any atom is -0.351 e. The maximum atomic E-state index is 12.9. The van der Waals surface area contributed by atoms with Crippen molar-refractivity contribution in [3.63, 3.8) is 0 Å². The molecule has 2 heterocycles. The molecule has 0 radical (unpaired) electrons. The Kier molecular flexibility index (Phi) is 5.15. The molecule has 1 aliphatic carbocycles. The van der Waals surface area contributed by atoms with Gasteiger partial charge >= 0.3 is 0 Å². The van der Waals surface area contributed by atoms with Gasteiger partial charge in [-0.2, -0.15) is 4.31 Å². The maximum Gasteiger partial charge on any atom is 0.217 e. The normalized spacial score (nSPS) is 22.8. The number of rotatable bonds is 5. The predicted molar refractivity (Wildman–Crippen MR) is 89.4 cm³/mol. The first-order valence-electron chi connectivity index (χ1n) is 8.55. The number of amides is 1. The zero-order valence-corrected chi connectivity index (χ0v) is 14.8. The van der Waals surface area contributed by atoms with E-state index < -0.39 is 10.0 Å². The Hall–Kier alpha value is -1.54. The summed E-state index contributed by atoms with van der Waals surface area (Å²) in [4.78, 5) is 19.8. The monoisotopic (exact) mass is 352 g/mol. The number of sulfonamides is 1. The quantitative estimate of drug-likeness (QED) is 0.867. The van der Waals surface area contributed by atoms with Gasteiger partial charge in [0.1, 0.15) is 5.82 Å². The van der Waals surface area contributed by atoms with Gasteiger partial charge in [0.2, 0.25) is 15.9 Å². The van der Waals surface area contributed by atoms with Crippen LogP contribution in [0.5, 0.6) is 0 Å². The predicted octanol–water partition coefficient (Wildman–Crippen LogP) is 1.52. The summed E-state index contributed by atoms with van der Waals surface area (Å²) in [5.41, 5.74) is 0.695. The Morgan fingerprint density at radius 2 is 2.04 bits per heavy atom. The van der Waals surface area contributed by atoms with E-state index in [1.54, 1.807) is 16.6 Å². The van der Waals surface area contributed by atoms with E-state index in [0.717, 1.165) is 38.5 Å². The molecular formula is C16H24N4O3S. The van der Waals surface area contributed by atoms with Crippen LogP contribution < -0.4 is 5.32 Å². The van der Waals surface area contributed by atoms with Gasteiger partial charge in [-0.25, -0.2) is 18.4 Å². The molecule has 1 saturated heterocycles. The molecule has 0 aromatic carbocycles. The lowest BCUT2D eigenvalue weighted by atomic mass is 10.2. The Morgan fingerprint density at radius 3 is 2.75 bits per heavy atom. The van der Waals surface area contributed by atoms with Gasteiger partial charge in [0.25, 0.3) is 0 Å². The number of nitrogens with zero attached hydrogens (tertiary/aromatic N) is 3. The van der Waals surface area contributed by atoms with Gasteiger partial charge < -0.3 is 5.32 Å². The second-order valence-electron chi connectivity index (χ2n) is 6.54. The van der Waals surface area contributed by atoms with Crippen molar-refractivity contribution in [2.45, 2.75) is 63.3 Å². The van der Waals surface area contributed by atoms with Crippen LogP contribution in [0.25, 0.3) is 0 Å². The molecule has 132 valence electrons. The average Bonchev–Trinajstić information content (AvgIpc) is 3.24. The third-order valence-electron chi connectivity index (χ3n) is 4.80. The molecule has 7 nitrogen and oxygen atoms in total. The summed E-state index contributed by atoms with van der Waals surface area (Å²) in [5, 5.41) is 2.46. The standard InChI is InChI=1S/C16H24N4O3S/c1-12(21)18-11-13-8-9-17-16(19-13)15-7-4-10-20(15)24(22,23)14-5-2-3-6-14/h8-9,14-15H,2-7,10-11H2,1H3,(H,18,21)/t15-/m1/s1. The van der Waals surface area contributed by atoms with Crippen molar-refractivity contribution in [2.24, 2.45) is 0 Å². The molecule has 0 bridgehead atoms. The molecule has 1 amide bonds. The molecule has 8 heteroatoms.